The maximum absolute atomic E-state index is 13.1. The van der Waals surface area contributed by atoms with E-state index in [4.69, 9.17) is 0 Å². The van der Waals surface area contributed by atoms with Crippen molar-refractivity contribution in [1.29, 1.82) is 0 Å². The Bertz CT molecular complexity index is 735. The molecule has 0 N–H and O–H groups in total. The number of hydrogen-bond acceptors (Lipinski definition) is 3. The third kappa shape index (κ3) is 4.69. The molecule has 0 aromatic heterocycles. The topological polar surface area (TPSA) is 57.7 Å². The van der Waals surface area contributed by atoms with Gasteiger partial charge in [-0.3, -0.25) is 4.79 Å². The van der Waals surface area contributed by atoms with E-state index in [0.717, 1.165) is 25.0 Å². The van der Waals surface area contributed by atoms with Crippen molar-refractivity contribution >= 4 is 15.9 Å². The molecular weight excluding hydrogens is 367 g/mol. The molecule has 0 radical (unpaired) electrons. The fourth-order valence-corrected chi connectivity index (χ4v) is 5.68. The number of nitrogens with zero attached hydrogens (tertiary/aromatic N) is 2. The van der Waals surface area contributed by atoms with Gasteiger partial charge in [0.2, 0.25) is 15.9 Å². The summed E-state index contributed by atoms with van der Waals surface area (Å²) >= 11 is 0. The van der Waals surface area contributed by atoms with Crippen molar-refractivity contribution in [3.8, 4) is 0 Å². The summed E-state index contributed by atoms with van der Waals surface area (Å²) in [5.74, 6) is -0.418. The number of carbonyl (C=O) groups is 1. The maximum atomic E-state index is 13.1. The van der Waals surface area contributed by atoms with Crippen LogP contribution in [-0.2, 0) is 14.8 Å². The molecule has 2 fully saturated rings. The van der Waals surface area contributed by atoms with E-state index in [1.54, 1.807) is 0 Å². The van der Waals surface area contributed by atoms with Crippen molar-refractivity contribution in [1.82, 2.24) is 9.21 Å². The number of halogens is 1. The number of piperidine rings is 1. The highest BCUT2D eigenvalue weighted by Crippen LogP contribution is 2.27. The predicted octanol–water partition coefficient (Wildman–Crippen LogP) is 3.41. The van der Waals surface area contributed by atoms with Crippen molar-refractivity contribution in [3.05, 3.63) is 30.1 Å². The smallest absolute Gasteiger partial charge is 0.243 e. The van der Waals surface area contributed by atoms with Gasteiger partial charge >= 0.3 is 0 Å². The van der Waals surface area contributed by atoms with Crippen molar-refractivity contribution < 1.29 is 17.6 Å². The first-order chi connectivity index (χ1) is 12.9. The minimum absolute atomic E-state index is 0.101. The van der Waals surface area contributed by atoms with E-state index in [1.165, 1.54) is 42.1 Å². The third-order valence-corrected chi connectivity index (χ3v) is 7.89. The van der Waals surface area contributed by atoms with E-state index >= 15 is 0 Å². The molecule has 1 amide bonds. The molecule has 1 aromatic carbocycles. The van der Waals surface area contributed by atoms with Crippen LogP contribution in [0.4, 0.5) is 4.39 Å². The van der Waals surface area contributed by atoms with Gasteiger partial charge in [0.25, 0.3) is 0 Å². The molecule has 3 rings (SSSR count). The Morgan fingerprint density at radius 2 is 1.56 bits per heavy atom. The standard InChI is InChI=1S/C20H29FN2O3S/c1-22(18-6-4-2-3-5-7-18)20(24)16-12-14-23(15-13-16)27(25,26)19-10-8-17(21)9-11-19/h8-11,16,18H,2-7,12-15H2,1H3. The lowest BCUT2D eigenvalue weighted by atomic mass is 9.95. The van der Waals surface area contributed by atoms with Gasteiger partial charge in [0.05, 0.1) is 4.90 Å². The molecule has 0 spiro atoms. The summed E-state index contributed by atoms with van der Waals surface area (Å²) in [6, 6.07) is 5.22. The highest BCUT2D eigenvalue weighted by Gasteiger charge is 2.34. The minimum atomic E-state index is -3.63. The first-order valence-corrected chi connectivity index (χ1v) is 11.4. The summed E-state index contributed by atoms with van der Waals surface area (Å²) in [4.78, 5) is 14.9. The second-order valence-corrected chi connectivity index (χ2v) is 9.66. The lowest BCUT2D eigenvalue weighted by molar-refractivity contribution is -0.137. The molecule has 2 aliphatic rings. The van der Waals surface area contributed by atoms with Gasteiger partial charge in [-0.15, -0.1) is 0 Å². The number of hydrogen-bond donors (Lipinski definition) is 0. The van der Waals surface area contributed by atoms with Crippen LogP contribution in [-0.4, -0.2) is 49.7 Å². The van der Waals surface area contributed by atoms with Crippen LogP contribution in [0.5, 0.6) is 0 Å². The molecule has 150 valence electrons. The molecule has 7 heteroatoms. The molecule has 0 unspecified atom stereocenters. The Morgan fingerprint density at radius 3 is 2.11 bits per heavy atom. The van der Waals surface area contributed by atoms with Crippen LogP contribution in [0, 0.1) is 11.7 Å². The van der Waals surface area contributed by atoms with Gasteiger partial charge in [-0.05, 0) is 49.9 Å². The summed E-state index contributed by atoms with van der Waals surface area (Å²) in [5, 5.41) is 0. The lowest BCUT2D eigenvalue weighted by Gasteiger charge is -2.35. The van der Waals surface area contributed by atoms with Crippen molar-refractivity contribution in [2.24, 2.45) is 5.92 Å². The molecule has 1 saturated carbocycles. The van der Waals surface area contributed by atoms with Gasteiger partial charge < -0.3 is 4.90 Å². The molecule has 1 aliphatic carbocycles. The van der Waals surface area contributed by atoms with Crippen LogP contribution in [0.25, 0.3) is 0 Å². The van der Waals surface area contributed by atoms with Crippen molar-refractivity contribution in [2.75, 3.05) is 20.1 Å². The number of rotatable bonds is 4. The zero-order valence-electron chi connectivity index (χ0n) is 15.9. The van der Waals surface area contributed by atoms with E-state index in [0.29, 0.717) is 32.0 Å². The summed E-state index contributed by atoms with van der Waals surface area (Å²) in [7, 11) is -1.73. The summed E-state index contributed by atoms with van der Waals surface area (Å²) < 4.78 is 39.9. The second-order valence-electron chi connectivity index (χ2n) is 7.73. The SMILES string of the molecule is CN(C(=O)C1CCN(S(=O)(=O)c2ccc(F)cc2)CC1)C1CCCCCC1. The number of amides is 1. The Kier molecular flexibility index (Phi) is 6.52. The van der Waals surface area contributed by atoms with E-state index in [2.05, 4.69) is 0 Å². The average Bonchev–Trinajstić information content (AvgIpc) is 2.97. The van der Waals surface area contributed by atoms with E-state index < -0.39 is 15.8 Å². The molecular formula is C20H29FN2O3S. The first-order valence-electron chi connectivity index (χ1n) is 9.92. The van der Waals surface area contributed by atoms with Crippen LogP contribution >= 0.6 is 0 Å². The van der Waals surface area contributed by atoms with Crippen LogP contribution in [0.2, 0.25) is 0 Å². The average molecular weight is 397 g/mol. The van der Waals surface area contributed by atoms with Crippen molar-refractivity contribution in [2.45, 2.75) is 62.3 Å². The van der Waals surface area contributed by atoms with Crippen LogP contribution < -0.4 is 0 Å². The zero-order valence-corrected chi connectivity index (χ0v) is 16.8. The largest absolute Gasteiger partial charge is 0.343 e. The Morgan fingerprint density at radius 1 is 1.00 bits per heavy atom. The van der Waals surface area contributed by atoms with Gasteiger partial charge in [0.1, 0.15) is 5.82 Å². The summed E-state index contributed by atoms with van der Waals surface area (Å²) in [6.45, 7) is 0.656. The van der Waals surface area contributed by atoms with Gasteiger partial charge in [0.15, 0.2) is 0 Å². The number of sulfonamides is 1. The van der Waals surface area contributed by atoms with Gasteiger partial charge in [-0.1, -0.05) is 25.7 Å². The van der Waals surface area contributed by atoms with Crippen LogP contribution in [0.1, 0.15) is 51.4 Å². The Labute approximate surface area is 161 Å². The Balaban J connectivity index is 1.59. The fraction of sp³-hybridized carbons (Fsp3) is 0.650. The van der Waals surface area contributed by atoms with Crippen molar-refractivity contribution in [3.63, 3.8) is 0 Å². The number of benzene rings is 1. The molecule has 1 aromatic rings. The van der Waals surface area contributed by atoms with E-state index in [9.17, 15) is 17.6 Å². The first kappa shape index (κ1) is 20.3. The van der Waals surface area contributed by atoms with Gasteiger partial charge in [-0.2, -0.15) is 4.31 Å². The van der Waals surface area contributed by atoms with Crippen LogP contribution in [0.15, 0.2) is 29.2 Å². The molecule has 0 bridgehead atoms. The quantitative estimate of drug-likeness (QED) is 0.733. The molecule has 1 aliphatic heterocycles. The lowest BCUT2D eigenvalue weighted by Crippen LogP contribution is -2.46. The van der Waals surface area contributed by atoms with Gasteiger partial charge in [0, 0.05) is 32.1 Å². The Hall–Kier alpha value is -1.47. The summed E-state index contributed by atoms with van der Waals surface area (Å²) in [5.41, 5.74) is 0. The van der Waals surface area contributed by atoms with E-state index in [-0.39, 0.29) is 16.7 Å². The minimum Gasteiger partial charge on any atom is -0.343 e. The molecule has 0 atom stereocenters. The number of carbonyl (C=O) groups excluding carboxylic acids is 1. The predicted molar refractivity (Wildman–Crippen MR) is 102 cm³/mol. The third-order valence-electron chi connectivity index (χ3n) is 5.97. The van der Waals surface area contributed by atoms with Crippen LogP contribution in [0.3, 0.4) is 0 Å². The molecule has 1 saturated heterocycles. The monoisotopic (exact) mass is 396 g/mol. The molecule has 5 nitrogen and oxygen atoms in total. The molecule has 27 heavy (non-hydrogen) atoms. The fourth-order valence-electron chi connectivity index (χ4n) is 4.21. The van der Waals surface area contributed by atoms with Gasteiger partial charge in [-0.25, -0.2) is 12.8 Å². The van der Waals surface area contributed by atoms with E-state index in [1.807, 2.05) is 11.9 Å². The maximum Gasteiger partial charge on any atom is 0.243 e. The molecule has 1 heterocycles. The second kappa shape index (κ2) is 8.69. The zero-order chi connectivity index (χ0) is 19.4. The highest BCUT2D eigenvalue weighted by atomic mass is 32.2. The summed E-state index contributed by atoms with van der Waals surface area (Å²) in [6.07, 6.45) is 8.07. The normalized spacial score (nSPS) is 21.0. The highest BCUT2D eigenvalue weighted by molar-refractivity contribution is 7.89.